The molecule has 0 aromatic heterocycles. The summed E-state index contributed by atoms with van der Waals surface area (Å²) >= 11 is 0. The van der Waals surface area contributed by atoms with Gasteiger partial charge in [0.1, 0.15) is 5.70 Å². The number of para-hydroxylation sites is 1. The van der Waals surface area contributed by atoms with Crippen molar-refractivity contribution in [3.8, 4) is 0 Å². The van der Waals surface area contributed by atoms with Crippen molar-refractivity contribution >= 4 is 23.1 Å². The summed E-state index contributed by atoms with van der Waals surface area (Å²) < 4.78 is 0. The topological polar surface area (TPSA) is 49.4 Å². The van der Waals surface area contributed by atoms with Crippen LogP contribution in [0.5, 0.6) is 0 Å². The van der Waals surface area contributed by atoms with Crippen LogP contribution in [0.4, 0.5) is 5.69 Å². The van der Waals surface area contributed by atoms with Gasteiger partial charge >= 0.3 is 0 Å². The van der Waals surface area contributed by atoms with Gasteiger partial charge in [-0.05, 0) is 49.1 Å². The Kier molecular flexibility index (Phi) is 4.70. The predicted molar refractivity (Wildman–Crippen MR) is 99.9 cm³/mol. The molecule has 0 unspecified atom stereocenters. The van der Waals surface area contributed by atoms with E-state index >= 15 is 0 Å². The van der Waals surface area contributed by atoms with Gasteiger partial charge in [-0.2, -0.15) is 0 Å². The molecule has 3 rings (SSSR count). The Balaban J connectivity index is 2.10. The minimum Gasteiger partial charge on any atom is -0.350 e. The molecular formula is C21H22N2O2. The Bertz CT molecular complexity index is 853. The van der Waals surface area contributed by atoms with E-state index < -0.39 is 0 Å². The van der Waals surface area contributed by atoms with Crippen LogP contribution in [-0.4, -0.2) is 23.3 Å². The zero-order valence-electron chi connectivity index (χ0n) is 14.8. The molecule has 0 spiro atoms. The van der Waals surface area contributed by atoms with Crippen LogP contribution in [-0.2, 0) is 9.59 Å². The second-order valence-electron chi connectivity index (χ2n) is 6.30. The third-order valence-corrected chi connectivity index (χ3v) is 4.45. The van der Waals surface area contributed by atoms with Gasteiger partial charge in [-0.25, -0.2) is 0 Å². The molecule has 0 saturated carbocycles. The third kappa shape index (κ3) is 3.20. The van der Waals surface area contributed by atoms with Crippen molar-refractivity contribution in [2.75, 3.05) is 11.9 Å². The van der Waals surface area contributed by atoms with Crippen molar-refractivity contribution in [1.29, 1.82) is 0 Å². The number of hydrogen-bond acceptors (Lipinski definition) is 3. The monoisotopic (exact) mass is 334 g/mol. The van der Waals surface area contributed by atoms with Gasteiger partial charge in [-0.3, -0.25) is 14.5 Å². The summed E-state index contributed by atoms with van der Waals surface area (Å²) in [5.41, 5.74) is 4.62. The van der Waals surface area contributed by atoms with E-state index in [0.29, 0.717) is 17.8 Å². The van der Waals surface area contributed by atoms with Crippen LogP contribution in [0.3, 0.4) is 0 Å². The number of amides is 2. The first kappa shape index (κ1) is 17.0. The number of aryl methyl sites for hydroxylation is 2. The molecule has 2 aromatic carbocycles. The number of hydrogen-bond donors (Lipinski definition) is 1. The van der Waals surface area contributed by atoms with Gasteiger partial charge in [0.15, 0.2) is 0 Å². The molecule has 1 heterocycles. The van der Waals surface area contributed by atoms with Gasteiger partial charge in [0, 0.05) is 12.2 Å². The van der Waals surface area contributed by atoms with E-state index in [1.807, 2.05) is 69.3 Å². The molecule has 0 bridgehead atoms. The lowest BCUT2D eigenvalue weighted by molar-refractivity contribution is -0.136. The van der Waals surface area contributed by atoms with Gasteiger partial charge in [0.2, 0.25) is 0 Å². The van der Waals surface area contributed by atoms with Crippen LogP contribution in [0.2, 0.25) is 0 Å². The summed E-state index contributed by atoms with van der Waals surface area (Å²) in [6.07, 6.45) is 0.732. The van der Waals surface area contributed by atoms with E-state index in [1.54, 1.807) is 0 Å². The maximum atomic E-state index is 12.9. The lowest BCUT2D eigenvalue weighted by Crippen LogP contribution is -2.33. The summed E-state index contributed by atoms with van der Waals surface area (Å²) in [4.78, 5) is 27.1. The van der Waals surface area contributed by atoms with Gasteiger partial charge in [0.05, 0.1) is 5.57 Å². The second-order valence-corrected chi connectivity index (χ2v) is 6.30. The average Bonchev–Trinajstić information content (AvgIpc) is 2.83. The number of anilines is 1. The molecule has 1 aliphatic rings. The highest BCUT2D eigenvalue weighted by Crippen LogP contribution is 2.31. The first-order valence-corrected chi connectivity index (χ1v) is 8.53. The zero-order valence-corrected chi connectivity index (χ0v) is 14.8. The smallest absolute Gasteiger partial charge is 0.278 e. The quantitative estimate of drug-likeness (QED) is 0.844. The third-order valence-electron chi connectivity index (χ3n) is 4.45. The Hall–Kier alpha value is -2.88. The molecule has 0 atom stereocenters. The van der Waals surface area contributed by atoms with Crippen molar-refractivity contribution in [1.82, 2.24) is 4.90 Å². The van der Waals surface area contributed by atoms with Crippen LogP contribution < -0.4 is 5.32 Å². The number of carbonyl (C=O) groups excluding carboxylic acids is 2. The molecule has 128 valence electrons. The number of carbonyl (C=O) groups is 2. The number of benzene rings is 2. The van der Waals surface area contributed by atoms with Crippen molar-refractivity contribution in [2.45, 2.75) is 27.2 Å². The first-order chi connectivity index (χ1) is 12.0. The van der Waals surface area contributed by atoms with Crippen LogP contribution in [0.15, 0.2) is 54.2 Å². The molecule has 25 heavy (non-hydrogen) atoms. The summed E-state index contributed by atoms with van der Waals surface area (Å²) in [5.74, 6) is -0.488. The average molecular weight is 334 g/mol. The predicted octanol–water partition coefficient (Wildman–Crippen LogP) is 3.91. The number of nitrogens with one attached hydrogen (secondary N) is 1. The van der Waals surface area contributed by atoms with Crippen molar-refractivity contribution in [3.05, 3.63) is 70.9 Å². The molecule has 0 aliphatic carbocycles. The SMILES string of the molecule is CCCN1C(=O)C(Nc2ccccc2)=C(c2ccc(C)c(C)c2)C1=O. The van der Waals surface area contributed by atoms with Crippen molar-refractivity contribution < 1.29 is 9.59 Å². The summed E-state index contributed by atoms with van der Waals surface area (Å²) in [6.45, 7) is 6.42. The fourth-order valence-electron chi connectivity index (χ4n) is 2.95. The van der Waals surface area contributed by atoms with Crippen LogP contribution in [0.25, 0.3) is 5.57 Å². The van der Waals surface area contributed by atoms with Crippen LogP contribution in [0.1, 0.15) is 30.0 Å². The molecule has 0 saturated heterocycles. The minimum atomic E-state index is -0.260. The first-order valence-electron chi connectivity index (χ1n) is 8.53. The largest absolute Gasteiger partial charge is 0.350 e. The standard InChI is InChI=1S/C21H22N2O2/c1-4-12-23-20(24)18(16-11-10-14(2)15(3)13-16)19(21(23)25)22-17-8-6-5-7-9-17/h5-11,13,22H,4,12H2,1-3H3. The van der Waals surface area contributed by atoms with Gasteiger partial charge in [0.25, 0.3) is 11.8 Å². The van der Waals surface area contributed by atoms with E-state index in [-0.39, 0.29) is 11.8 Å². The van der Waals surface area contributed by atoms with E-state index in [0.717, 1.165) is 28.8 Å². The van der Waals surface area contributed by atoms with Crippen molar-refractivity contribution in [2.24, 2.45) is 0 Å². The number of rotatable bonds is 5. The van der Waals surface area contributed by atoms with Crippen LogP contribution >= 0.6 is 0 Å². The molecule has 1 aliphatic heterocycles. The second kappa shape index (κ2) is 6.93. The highest BCUT2D eigenvalue weighted by atomic mass is 16.2. The Morgan fingerprint density at radius 2 is 1.64 bits per heavy atom. The molecule has 1 N–H and O–H groups in total. The summed E-state index contributed by atoms with van der Waals surface area (Å²) in [7, 11) is 0. The molecular weight excluding hydrogens is 312 g/mol. The van der Waals surface area contributed by atoms with Crippen molar-refractivity contribution in [3.63, 3.8) is 0 Å². The van der Waals surface area contributed by atoms with E-state index in [1.165, 1.54) is 4.90 Å². The van der Waals surface area contributed by atoms with Gasteiger partial charge in [-0.15, -0.1) is 0 Å². The Labute approximate surface area is 148 Å². The van der Waals surface area contributed by atoms with Gasteiger partial charge in [-0.1, -0.05) is 43.3 Å². The maximum Gasteiger partial charge on any atom is 0.278 e. The van der Waals surface area contributed by atoms with Crippen LogP contribution in [0, 0.1) is 13.8 Å². The van der Waals surface area contributed by atoms with E-state index in [2.05, 4.69) is 5.32 Å². The molecule has 0 fully saturated rings. The summed E-state index contributed by atoms with van der Waals surface area (Å²) in [5, 5.41) is 3.16. The highest BCUT2D eigenvalue weighted by molar-refractivity contribution is 6.36. The summed E-state index contributed by atoms with van der Waals surface area (Å²) in [6, 6.07) is 15.3. The number of nitrogens with zero attached hydrogens (tertiary/aromatic N) is 1. The molecule has 0 radical (unpaired) electrons. The Morgan fingerprint density at radius 1 is 0.920 bits per heavy atom. The lowest BCUT2D eigenvalue weighted by atomic mass is 9.99. The molecule has 2 aromatic rings. The minimum absolute atomic E-state index is 0.228. The fraction of sp³-hybridized carbons (Fsp3) is 0.238. The zero-order chi connectivity index (χ0) is 18.0. The Morgan fingerprint density at radius 3 is 2.28 bits per heavy atom. The highest BCUT2D eigenvalue weighted by Gasteiger charge is 2.38. The number of imide groups is 1. The molecule has 2 amide bonds. The molecule has 4 heteroatoms. The lowest BCUT2D eigenvalue weighted by Gasteiger charge is -2.13. The van der Waals surface area contributed by atoms with E-state index in [9.17, 15) is 9.59 Å². The maximum absolute atomic E-state index is 12.9. The fourth-order valence-corrected chi connectivity index (χ4v) is 2.95. The molecule has 4 nitrogen and oxygen atoms in total. The van der Waals surface area contributed by atoms with Gasteiger partial charge < -0.3 is 5.32 Å². The van der Waals surface area contributed by atoms with E-state index in [4.69, 9.17) is 0 Å². The normalized spacial score (nSPS) is 14.4.